The Balaban J connectivity index is 1.23. The van der Waals surface area contributed by atoms with Crippen molar-refractivity contribution in [1.82, 2.24) is 14.9 Å². The second kappa shape index (κ2) is 8.23. The van der Waals surface area contributed by atoms with Crippen molar-refractivity contribution in [2.75, 3.05) is 25.0 Å². The molecule has 142 valence electrons. The van der Waals surface area contributed by atoms with Crippen molar-refractivity contribution in [2.45, 2.75) is 33.2 Å². The van der Waals surface area contributed by atoms with Crippen molar-refractivity contribution in [3.05, 3.63) is 53.1 Å². The minimum Gasteiger partial charge on any atom is -0.444 e. The number of thiazole rings is 1. The molecule has 0 radical (unpaired) electrons. The fourth-order valence-electron chi connectivity index (χ4n) is 3.47. The first-order valence-electron chi connectivity index (χ1n) is 9.57. The molecule has 0 unspecified atom stereocenters. The summed E-state index contributed by atoms with van der Waals surface area (Å²) in [5.74, 6) is 2.47. The lowest BCUT2D eigenvalue weighted by molar-refractivity contribution is 0.167. The Hall–Kier alpha value is -2.18. The second-order valence-corrected chi connectivity index (χ2v) is 8.11. The summed E-state index contributed by atoms with van der Waals surface area (Å²) in [7, 11) is 0. The van der Waals surface area contributed by atoms with E-state index in [0.29, 0.717) is 5.92 Å². The van der Waals surface area contributed by atoms with Crippen LogP contribution in [0.4, 0.5) is 5.13 Å². The molecule has 1 aromatic carbocycles. The molecule has 0 spiro atoms. The molecule has 3 aromatic rings. The summed E-state index contributed by atoms with van der Waals surface area (Å²) in [5.41, 5.74) is 3.23. The molecule has 1 saturated heterocycles. The quantitative estimate of drug-likeness (QED) is 0.667. The number of anilines is 1. The molecule has 6 heteroatoms. The number of hydrogen-bond donors (Lipinski definition) is 1. The van der Waals surface area contributed by atoms with Gasteiger partial charge in [-0.3, -0.25) is 4.90 Å². The number of aryl methyl sites for hydroxylation is 2. The Labute approximate surface area is 164 Å². The van der Waals surface area contributed by atoms with E-state index < -0.39 is 0 Å². The zero-order valence-electron chi connectivity index (χ0n) is 15.9. The van der Waals surface area contributed by atoms with E-state index in [0.717, 1.165) is 54.3 Å². The predicted octanol–water partition coefficient (Wildman–Crippen LogP) is 4.74. The van der Waals surface area contributed by atoms with Crippen molar-refractivity contribution in [1.29, 1.82) is 0 Å². The number of nitrogens with one attached hydrogen (secondary N) is 1. The van der Waals surface area contributed by atoms with Gasteiger partial charge in [0.2, 0.25) is 5.89 Å². The van der Waals surface area contributed by atoms with Gasteiger partial charge in [0.1, 0.15) is 5.76 Å². The molecular formula is C21H26N4OS. The maximum Gasteiger partial charge on any atom is 0.208 e. The van der Waals surface area contributed by atoms with Crippen LogP contribution in [0.3, 0.4) is 0 Å². The zero-order chi connectivity index (χ0) is 18.6. The number of likely N-dealkylation sites (tertiary alicyclic amines) is 1. The molecule has 1 aliphatic heterocycles. The third kappa shape index (κ3) is 4.57. The third-order valence-electron chi connectivity index (χ3n) is 5.25. The van der Waals surface area contributed by atoms with E-state index in [-0.39, 0.29) is 0 Å². The summed E-state index contributed by atoms with van der Waals surface area (Å²) in [6.07, 6.45) is 2.39. The second-order valence-electron chi connectivity index (χ2n) is 7.25. The summed E-state index contributed by atoms with van der Waals surface area (Å²) >= 11 is 1.69. The van der Waals surface area contributed by atoms with E-state index in [1.165, 1.54) is 18.4 Å². The van der Waals surface area contributed by atoms with Gasteiger partial charge in [-0.2, -0.15) is 0 Å². The summed E-state index contributed by atoms with van der Waals surface area (Å²) in [5, 5.41) is 6.68. The number of hydrogen-bond acceptors (Lipinski definition) is 6. The van der Waals surface area contributed by atoms with Crippen molar-refractivity contribution < 1.29 is 4.42 Å². The number of rotatable bonds is 6. The molecule has 1 aliphatic rings. The minimum absolute atomic E-state index is 0.693. The molecule has 27 heavy (non-hydrogen) atoms. The lowest BCUT2D eigenvalue weighted by Gasteiger charge is -2.31. The van der Waals surface area contributed by atoms with Gasteiger partial charge in [-0.25, -0.2) is 9.97 Å². The zero-order valence-corrected chi connectivity index (χ0v) is 16.8. The SMILES string of the molecule is Cc1nc(CN2CCC(CNc3nc(-c4ccccc4)cs3)CC2)oc1C. The number of oxazole rings is 1. The van der Waals surface area contributed by atoms with Gasteiger partial charge in [-0.1, -0.05) is 30.3 Å². The monoisotopic (exact) mass is 382 g/mol. The van der Waals surface area contributed by atoms with Crippen LogP contribution >= 0.6 is 11.3 Å². The topological polar surface area (TPSA) is 54.2 Å². The number of nitrogens with zero attached hydrogens (tertiary/aromatic N) is 3. The summed E-state index contributed by atoms with van der Waals surface area (Å²) in [6, 6.07) is 10.3. The van der Waals surface area contributed by atoms with E-state index in [2.05, 4.69) is 44.8 Å². The van der Waals surface area contributed by atoms with E-state index in [9.17, 15) is 0 Å². The van der Waals surface area contributed by atoms with Crippen LogP contribution in [0.5, 0.6) is 0 Å². The highest BCUT2D eigenvalue weighted by atomic mass is 32.1. The highest BCUT2D eigenvalue weighted by Gasteiger charge is 2.21. The lowest BCUT2D eigenvalue weighted by Crippen LogP contribution is -2.35. The van der Waals surface area contributed by atoms with Gasteiger partial charge in [-0.15, -0.1) is 11.3 Å². The van der Waals surface area contributed by atoms with Gasteiger partial charge in [0, 0.05) is 17.5 Å². The number of benzene rings is 1. The largest absolute Gasteiger partial charge is 0.444 e. The van der Waals surface area contributed by atoms with Gasteiger partial charge in [0.05, 0.1) is 17.9 Å². The maximum absolute atomic E-state index is 5.72. The predicted molar refractivity (Wildman–Crippen MR) is 110 cm³/mol. The Morgan fingerprint density at radius 3 is 2.63 bits per heavy atom. The summed E-state index contributed by atoms with van der Waals surface area (Å²) in [6.45, 7) is 7.99. The molecule has 0 saturated carbocycles. The number of aromatic nitrogens is 2. The molecule has 0 bridgehead atoms. The third-order valence-corrected chi connectivity index (χ3v) is 6.05. The van der Waals surface area contributed by atoms with Crippen molar-refractivity contribution in [3.8, 4) is 11.3 Å². The molecule has 5 nitrogen and oxygen atoms in total. The average Bonchev–Trinajstić information content (AvgIpc) is 3.29. The van der Waals surface area contributed by atoms with Gasteiger partial charge in [0.25, 0.3) is 0 Å². The van der Waals surface area contributed by atoms with Crippen LogP contribution in [0.2, 0.25) is 0 Å². The minimum atomic E-state index is 0.693. The van der Waals surface area contributed by atoms with E-state index in [4.69, 9.17) is 9.40 Å². The first-order valence-corrected chi connectivity index (χ1v) is 10.5. The van der Waals surface area contributed by atoms with Crippen LogP contribution < -0.4 is 5.32 Å². The van der Waals surface area contributed by atoms with Crippen molar-refractivity contribution >= 4 is 16.5 Å². The summed E-state index contributed by atoms with van der Waals surface area (Å²) in [4.78, 5) is 11.7. The van der Waals surface area contributed by atoms with Crippen LogP contribution in [-0.2, 0) is 6.54 Å². The van der Waals surface area contributed by atoms with Crippen molar-refractivity contribution in [2.24, 2.45) is 5.92 Å². The Bertz CT molecular complexity index is 846. The normalized spacial score (nSPS) is 15.9. The first kappa shape index (κ1) is 18.2. The standard InChI is InChI=1S/C21H26N4OS/c1-15-16(2)26-20(23-15)13-25-10-8-17(9-11-25)12-22-21-24-19(14-27-21)18-6-4-3-5-7-18/h3-7,14,17H,8-13H2,1-2H3,(H,22,24). The molecular weight excluding hydrogens is 356 g/mol. The highest BCUT2D eigenvalue weighted by molar-refractivity contribution is 7.14. The Kier molecular flexibility index (Phi) is 5.55. The van der Waals surface area contributed by atoms with Crippen LogP contribution in [-0.4, -0.2) is 34.5 Å². The molecule has 1 fully saturated rings. The van der Waals surface area contributed by atoms with Crippen LogP contribution in [0, 0.1) is 19.8 Å². The smallest absolute Gasteiger partial charge is 0.208 e. The lowest BCUT2D eigenvalue weighted by atomic mass is 9.97. The molecule has 0 aliphatic carbocycles. The van der Waals surface area contributed by atoms with Crippen molar-refractivity contribution in [3.63, 3.8) is 0 Å². The Morgan fingerprint density at radius 2 is 1.93 bits per heavy atom. The fourth-order valence-corrected chi connectivity index (χ4v) is 4.20. The molecule has 1 N–H and O–H groups in total. The highest BCUT2D eigenvalue weighted by Crippen LogP contribution is 2.26. The van der Waals surface area contributed by atoms with E-state index in [1.807, 2.05) is 19.9 Å². The Morgan fingerprint density at radius 1 is 1.15 bits per heavy atom. The van der Waals surface area contributed by atoms with E-state index >= 15 is 0 Å². The van der Waals surface area contributed by atoms with Crippen LogP contribution in [0.1, 0.15) is 30.2 Å². The van der Waals surface area contributed by atoms with Crippen LogP contribution in [0.15, 0.2) is 40.1 Å². The number of piperidine rings is 1. The van der Waals surface area contributed by atoms with Gasteiger partial charge in [0.15, 0.2) is 5.13 Å². The molecule has 0 atom stereocenters. The molecule has 0 amide bonds. The first-order chi connectivity index (χ1) is 13.2. The summed E-state index contributed by atoms with van der Waals surface area (Å²) < 4.78 is 5.72. The maximum atomic E-state index is 5.72. The van der Waals surface area contributed by atoms with Gasteiger partial charge in [-0.05, 0) is 45.7 Å². The molecule has 3 heterocycles. The molecule has 4 rings (SSSR count). The van der Waals surface area contributed by atoms with Crippen LogP contribution in [0.25, 0.3) is 11.3 Å². The van der Waals surface area contributed by atoms with Gasteiger partial charge >= 0.3 is 0 Å². The fraction of sp³-hybridized carbons (Fsp3) is 0.429. The van der Waals surface area contributed by atoms with Gasteiger partial charge < -0.3 is 9.73 Å². The molecule has 2 aromatic heterocycles. The van der Waals surface area contributed by atoms with E-state index in [1.54, 1.807) is 11.3 Å². The average molecular weight is 383 g/mol.